The molecule has 0 aromatic heterocycles. The van der Waals surface area contributed by atoms with Crippen LogP contribution in [-0.4, -0.2) is 127 Å². The SMILES string of the molecule is CCOCCC1OC(CO)C(O)[C@H](CCCOCCC2OC(C(=O)[O-])C(CCOCC)C(O)C2(C)O)C1NC(C)=O. The van der Waals surface area contributed by atoms with E-state index in [1.54, 1.807) is 6.92 Å². The molecule has 0 spiro atoms. The number of ether oxygens (including phenoxy) is 5. The Morgan fingerprint density at radius 2 is 1.54 bits per heavy atom. The fourth-order valence-electron chi connectivity index (χ4n) is 5.86. The predicted octanol–water partition coefficient (Wildman–Crippen LogP) is -1.49. The molecule has 0 aliphatic carbocycles. The van der Waals surface area contributed by atoms with E-state index in [2.05, 4.69) is 5.32 Å². The minimum atomic E-state index is -1.71. The number of hydrogen-bond donors (Lipinski definition) is 5. The van der Waals surface area contributed by atoms with Crippen molar-refractivity contribution >= 4 is 11.9 Å². The molecule has 10 atom stereocenters. The fourth-order valence-corrected chi connectivity index (χ4v) is 5.86. The minimum Gasteiger partial charge on any atom is -0.547 e. The van der Waals surface area contributed by atoms with E-state index in [4.69, 9.17) is 23.7 Å². The minimum absolute atomic E-state index is 0.124. The van der Waals surface area contributed by atoms with E-state index >= 15 is 0 Å². The average molecular weight is 593 g/mol. The molecule has 240 valence electrons. The maximum Gasteiger partial charge on any atom is 0.217 e. The molecule has 2 aliphatic rings. The molecule has 0 aromatic rings. The Morgan fingerprint density at radius 1 is 0.902 bits per heavy atom. The summed E-state index contributed by atoms with van der Waals surface area (Å²) in [4.78, 5) is 23.7. The van der Waals surface area contributed by atoms with Gasteiger partial charge in [0.2, 0.25) is 5.91 Å². The van der Waals surface area contributed by atoms with Crippen LogP contribution in [0.1, 0.15) is 59.8 Å². The molecule has 0 bridgehead atoms. The summed E-state index contributed by atoms with van der Waals surface area (Å²) in [6.45, 7) is 8.13. The molecule has 2 rings (SSSR count). The number of carbonyl (C=O) groups excluding carboxylic acids is 2. The van der Waals surface area contributed by atoms with Crippen LogP contribution in [0.4, 0.5) is 0 Å². The van der Waals surface area contributed by atoms with Gasteiger partial charge in [0, 0.05) is 58.4 Å². The molecular weight excluding hydrogens is 542 g/mol. The number of nitrogens with one attached hydrogen (secondary N) is 1. The summed E-state index contributed by atoms with van der Waals surface area (Å²) in [5, 5.41) is 57.1. The van der Waals surface area contributed by atoms with Crippen LogP contribution in [0, 0.1) is 11.8 Å². The van der Waals surface area contributed by atoms with Crippen molar-refractivity contribution < 1.29 is 58.8 Å². The highest BCUT2D eigenvalue weighted by Gasteiger charge is 2.52. The lowest BCUT2D eigenvalue weighted by molar-refractivity contribution is -0.336. The van der Waals surface area contributed by atoms with Gasteiger partial charge in [-0.3, -0.25) is 4.79 Å². The number of amides is 1. The monoisotopic (exact) mass is 592 g/mol. The maximum atomic E-state index is 11.9. The molecule has 1 amide bonds. The van der Waals surface area contributed by atoms with Crippen molar-refractivity contribution in [3.63, 3.8) is 0 Å². The van der Waals surface area contributed by atoms with Crippen LogP contribution < -0.4 is 10.4 Å². The maximum absolute atomic E-state index is 11.9. The Hall–Kier alpha value is -1.42. The third-order valence-corrected chi connectivity index (χ3v) is 8.07. The second kappa shape index (κ2) is 17.6. The van der Waals surface area contributed by atoms with Crippen LogP contribution in [0.2, 0.25) is 0 Å². The third-order valence-electron chi connectivity index (χ3n) is 8.07. The molecule has 13 nitrogen and oxygen atoms in total. The highest BCUT2D eigenvalue weighted by molar-refractivity contribution is 5.73. The summed E-state index contributed by atoms with van der Waals surface area (Å²) in [5.74, 6) is -3.00. The largest absolute Gasteiger partial charge is 0.547 e. The summed E-state index contributed by atoms with van der Waals surface area (Å²) in [7, 11) is 0. The van der Waals surface area contributed by atoms with Crippen molar-refractivity contribution in [3.8, 4) is 0 Å². The first-order chi connectivity index (χ1) is 19.5. The van der Waals surface area contributed by atoms with Crippen LogP contribution in [0.5, 0.6) is 0 Å². The van der Waals surface area contributed by atoms with Crippen molar-refractivity contribution in [2.45, 2.75) is 108 Å². The van der Waals surface area contributed by atoms with Crippen molar-refractivity contribution in [3.05, 3.63) is 0 Å². The van der Waals surface area contributed by atoms with Gasteiger partial charge in [-0.25, -0.2) is 0 Å². The van der Waals surface area contributed by atoms with Crippen LogP contribution in [-0.2, 0) is 33.3 Å². The second-order valence-electron chi connectivity index (χ2n) is 11.0. The number of hydrogen-bond acceptors (Lipinski definition) is 12. The van der Waals surface area contributed by atoms with Crippen LogP contribution in [0.15, 0.2) is 0 Å². The van der Waals surface area contributed by atoms with Gasteiger partial charge in [-0.2, -0.15) is 0 Å². The van der Waals surface area contributed by atoms with Crippen molar-refractivity contribution in [1.29, 1.82) is 0 Å². The van der Waals surface area contributed by atoms with Gasteiger partial charge in [0.15, 0.2) is 0 Å². The molecule has 2 saturated heterocycles. The number of carbonyl (C=O) groups is 2. The van der Waals surface area contributed by atoms with E-state index < -0.39 is 66.1 Å². The van der Waals surface area contributed by atoms with Crippen molar-refractivity contribution in [1.82, 2.24) is 5.32 Å². The fraction of sp³-hybridized carbons (Fsp3) is 0.929. The smallest absolute Gasteiger partial charge is 0.217 e. The third kappa shape index (κ3) is 10.1. The van der Waals surface area contributed by atoms with Gasteiger partial charge in [0.25, 0.3) is 0 Å². The first kappa shape index (κ1) is 35.8. The standard InChI is InChI=1S/C28H51NO12/c1-5-37-13-9-19-25(27(34)35)41-22(28(4,36)26(19)33)11-15-39-12-7-8-18-23(29-17(3)31)20(10-14-38-6-2)40-21(16-30)24(18)32/h18-26,30,32-33,36H,5-16H2,1-4H3,(H,29,31)(H,34,35)/p-1/t18-,19?,20?,21?,22?,23?,24?,25?,26?,28?/m1/s1. The van der Waals surface area contributed by atoms with E-state index in [0.717, 1.165) is 0 Å². The summed E-state index contributed by atoms with van der Waals surface area (Å²) in [6.07, 6.45) is -4.19. The van der Waals surface area contributed by atoms with Gasteiger partial charge < -0.3 is 59.3 Å². The van der Waals surface area contributed by atoms with Gasteiger partial charge in [0.1, 0.15) is 17.8 Å². The highest BCUT2D eigenvalue weighted by Crippen LogP contribution is 2.37. The summed E-state index contributed by atoms with van der Waals surface area (Å²) in [5.41, 5.74) is -1.71. The molecular formula is C28H50NO12-. The number of carboxylic acids is 1. The van der Waals surface area contributed by atoms with Crippen molar-refractivity contribution in [2.75, 3.05) is 46.2 Å². The van der Waals surface area contributed by atoms with Crippen LogP contribution in [0.25, 0.3) is 0 Å². The average Bonchev–Trinajstić information content (AvgIpc) is 2.91. The van der Waals surface area contributed by atoms with E-state index in [1.807, 2.05) is 6.92 Å². The molecule has 9 unspecified atom stereocenters. The predicted molar refractivity (Wildman–Crippen MR) is 144 cm³/mol. The number of aliphatic carboxylic acids is 1. The van der Waals surface area contributed by atoms with Gasteiger partial charge in [-0.15, -0.1) is 0 Å². The lowest BCUT2D eigenvalue weighted by Crippen LogP contribution is -2.65. The van der Waals surface area contributed by atoms with E-state index in [1.165, 1.54) is 13.8 Å². The quantitative estimate of drug-likeness (QED) is 0.116. The topological polar surface area (TPSA) is 196 Å². The lowest BCUT2D eigenvalue weighted by Gasteiger charge is -2.49. The number of rotatable bonds is 18. The molecule has 0 radical (unpaired) electrons. The van der Waals surface area contributed by atoms with E-state index in [-0.39, 0.29) is 45.2 Å². The molecule has 0 saturated carbocycles. The van der Waals surface area contributed by atoms with E-state index in [9.17, 15) is 35.1 Å². The Kier molecular flexibility index (Phi) is 15.4. The van der Waals surface area contributed by atoms with E-state index in [0.29, 0.717) is 39.1 Å². The zero-order valence-electron chi connectivity index (χ0n) is 24.7. The molecule has 2 fully saturated rings. The number of carboxylic acid groups (broad SMARTS) is 1. The summed E-state index contributed by atoms with van der Waals surface area (Å²) < 4.78 is 28.1. The Balaban J connectivity index is 1.92. The summed E-state index contributed by atoms with van der Waals surface area (Å²) in [6, 6.07) is -0.477. The molecule has 0 aromatic carbocycles. The normalized spacial score (nSPS) is 35.8. The Bertz CT molecular complexity index is 783. The molecule has 41 heavy (non-hydrogen) atoms. The Labute approximate surface area is 242 Å². The molecule has 2 aliphatic heterocycles. The molecule has 2 heterocycles. The number of aliphatic hydroxyl groups is 4. The van der Waals surface area contributed by atoms with Crippen LogP contribution in [0.3, 0.4) is 0 Å². The van der Waals surface area contributed by atoms with Gasteiger partial charge in [-0.05, 0) is 52.9 Å². The van der Waals surface area contributed by atoms with Gasteiger partial charge in [0.05, 0.1) is 43.0 Å². The van der Waals surface area contributed by atoms with Gasteiger partial charge >= 0.3 is 0 Å². The summed E-state index contributed by atoms with van der Waals surface area (Å²) >= 11 is 0. The lowest BCUT2D eigenvalue weighted by atomic mass is 9.76. The van der Waals surface area contributed by atoms with Crippen LogP contribution >= 0.6 is 0 Å². The zero-order valence-corrected chi connectivity index (χ0v) is 24.7. The number of aliphatic hydroxyl groups excluding tert-OH is 3. The second-order valence-corrected chi connectivity index (χ2v) is 11.0. The highest BCUT2D eigenvalue weighted by atomic mass is 16.5. The zero-order chi connectivity index (χ0) is 30.6. The van der Waals surface area contributed by atoms with Crippen molar-refractivity contribution in [2.24, 2.45) is 11.8 Å². The van der Waals surface area contributed by atoms with Gasteiger partial charge in [-0.1, -0.05) is 0 Å². The first-order valence-electron chi connectivity index (χ1n) is 14.7. The molecule has 5 N–H and O–H groups in total. The Morgan fingerprint density at radius 3 is 2.12 bits per heavy atom. The molecule has 13 heteroatoms. The first-order valence-corrected chi connectivity index (χ1v) is 14.7.